The van der Waals surface area contributed by atoms with Crippen LogP contribution >= 0.6 is 0 Å². The summed E-state index contributed by atoms with van der Waals surface area (Å²) < 4.78 is 0. The van der Waals surface area contributed by atoms with Gasteiger partial charge in [0, 0.05) is 32.2 Å². The van der Waals surface area contributed by atoms with Crippen LogP contribution in [0.15, 0.2) is 0 Å². The number of likely N-dealkylation sites (N-methyl/N-ethyl adjacent to an activating group) is 1. The molecule has 2 atom stereocenters. The van der Waals surface area contributed by atoms with Crippen molar-refractivity contribution in [2.75, 3.05) is 39.8 Å². The molecule has 2 aliphatic heterocycles. The highest BCUT2D eigenvalue weighted by atomic mass is 16.2. The average Bonchev–Trinajstić information content (AvgIpc) is 2.82. The molecule has 0 aromatic carbocycles. The molecule has 2 fully saturated rings. The summed E-state index contributed by atoms with van der Waals surface area (Å²) in [6, 6.07) is 0. The monoisotopic (exact) mass is 239 g/mol. The lowest BCUT2D eigenvalue weighted by molar-refractivity contribution is -0.132. The Morgan fingerprint density at radius 1 is 1.47 bits per heavy atom. The number of nitrogens with zero attached hydrogens (tertiary/aromatic N) is 2. The van der Waals surface area contributed by atoms with Crippen LogP contribution in [0, 0.1) is 11.8 Å². The Kier molecular flexibility index (Phi) is 3.46. The van der Waals surface area contributed by atoms with Crippen LogP contribution in [0.25, 0.3) is 0 Å². The van der Waals surface area contributed by atoms with Gasteiger partial charge in [-0.3, -0.25) is 9.69 Å². The van der Waals surface area contributed by atoms with Crippen LogP contribution in [0.3, 0.4) is 0 Å². The van der Waals surface area contributed by atoms with E-state index < -0.39 is 0 Å². The van der Waals surface area contributed by atoms with Crippen molar-refractivity contribution >= 4 is 5.91 Å². The lowest BCUT2D eigenvalue weighted by atomic mass is 9.85. The molecule has 0 radical (unpaired) electrons. The molecule has 2 unspecified atom stereocenters. The maximum Gasteiger partial charge on any atom is 0.236 e. The topological polar surface area (TPSA) is 35.6 Å². The van der Waals surface area contributed by atoms with E-state index in [2.05, 4.69) is 24.1 Å². The third-order valence-corrected chi connectivity index (χ3v) is 4.74. The number of carbonyl (C=O) groups excluding carboxylic acids is 1. The van der Waals surface area contributed by atoms with Crippen LogP contribution in [0.1, 0.15) is 20.8 Å². The van der Waals surface area contributed by atoms with E-state index in [1.54, 1.807) is 0 Å². The zero-order chi connectivity index (χ0) is 12.6. The summed E-state index contributed by atoms with van der Waals surface area (Å²) in [5.41, 5.74) is 0.151. The van der Waals surface area contributed by atoms with Crippen molar-refractivity contribution in [3.63, 3.8) is 0 Å². The third-order valence-electron chi connectivity index (χ3n) is 4.74. The minimum absolute atomic E-state index is 0.151. The van der Waals surface area contributed by atoms with Gasteiger partial charge in [-0.2, -0.15) is 0 Å². The maximum absolute atomic E-state index is 12.0. The summed E-state index contributed by atoms with van der Waals surface area (Å²) in [6.45, 7) is 11.2. The summed E-state index contributed by atoms with van der Waals surface area (Å²) in [5.74, 6) is 1.67. The molecule has 98 valence electrons. The molecule has 2 rings (SSSR count). The van der Waals surface area contributed by atoms with Crippen LogP contribution in [0.4, 0.5) is 0 Å². The Morgan fingerprint density at radius 2 is 2.18 bits per heavy atom. The summed E-state index contributed by atoms with van der Waals surface area (Å²) in [5, 5.41) is 3.47. The van der Waals surface area contributed by atoms with Gasteiger partial charge in [0.25, 0.3) is 0 Å². The highest BCUT2D eigenvalue weighted by Gasteiger charge is 2.49. The quantitative estimate of drug-likeness (QED) is 0.774. The number of hydrogen-bond acceptors (Lipinski definition) is 3. The SMILES string of the molecule is CCN(C)C(=O)CN1CC2CNCC2C1(C)C. The van der Waals surface area contributed by atoms with Crippen molar-refractivity contribution in [1.29, 1.82) is 0 Å². The highest BCUT2D eigenvalue weighted by molar-refractivity contribution is 5.78. The molecule has 0 aromatic heterocycles. The fraction of sp³-hybridized carbons (Fsp3) is 0.923. The number of carbonyl (C=O) groups is 1. The predicted octanol–water partition coefficient (Wildman–Crippen LogP) is 0.395. The predicted molar refractivity (Wildman–Crippen MR) is 68.8 cm³/mol. The van der Waals surface area contributed by atoms with Gasteiger partial charge in [0.15, 0.2) is 0 Å². The third kappa shape index (κ3) is 2.20. The summed E-state index contributed by atoms with van der Waals surface area (Å²) in [4.78, 5) is 16.2. The molecule has 2 saturated heterocycles. The summed E-state index contributed by atoms with van der Waals surface area (Å²) in [6.07, 6.45) is 0. The fourth-order valence-corrected chi connectivity index (χ4v) is 3.23. The first-order valence-electron chi connectivity index (χ1n) is 6.66. The van der Waals surface area contributed by atoms with Crippen molar-refractivity contribution in [1.82, 2.24) is 15.1 Å². The zero-order valence-corrected chi connectivity index (χ0v) is 11.5. The summed E-state index contributed by atoms with van der Waals surface area (Å²) >= 11 is 0. The minimum Gasteiger partial charge on any atom is -0.345 e. The Bertz CT molecular complexity index is 303. The first kappa shape index (κ1) is 12.8. The van der Waals surface area contributed by atoms with Crippen LogP contribution in [0.5, 0.6) is 0 Å². The highest BCUT2D eigenvalue weighted by Crippen LogP contribution is 2.40. The number of rotatable bonds is 3. The van der Waals surface area contributed by atoms with E-state index in [1.165, 1.54) is 0 Å². The van der Waals surface area contributed by atoms with Crippen LogP contribution in [-0.4, -0.2) is 61.0 Å². The van der Waals surface area contributed by atoms with Gasteiger partial charge >= 0.3 is 0 Å². The molecule has 0 bridgehead atoms. The smallest absolute Gasteiger partial charge is 0.236 e. The molecular weight excluding hydrogens is 214 g/mol. The lowest BCUT2D eigenvalue weighted by Crippen LogP contribution is -2.48. The largest absolute Gasteiger partial charge is 0.345 e. The van der Waals surface area contributed by atoms with E-state index in [0.717, 1.165) is 32.1 Å². The summed E-state index contributed by atoms with van der Waals surface area (Å²) in [7, 11) is 1.88. The Hall–Kier alpha value is -0.610. The number of amides is 1. The van der Waals surface area contributed by atoms with Crippen molar-refractivity contribution < 1.29 is 4.79 Å². The second-order valence-corrected chi connectivity index (χ2v) is 5.97. The van der Waals surface area contributed by atoms with Gasteiger partial charge in [-0.1, -0.05) is 0 Å². The van der Waals surface area contributed by atoms with Crippen LogP contribution in [0.2, 0.25) is 0 Å². The molecule has 2 heterocycles. The Morgan fingerprint density at radius 3 is 2.76 bits per heavy atom. The number of likely N-dealkylation sites (tertiary alicyclic amines) is 1. The zero-order valence-electron chi connectivity index (χ0n) is 11.5. The van der Waals surface area contributed by atoms with E-state index in [4.69, 9.17) is 0 Å². The van der Waals surface area contributed by atoms with E-state index in [0.29, 0.717) is 12.5 Å². The Labute approximate surface area is 104 Å². The molecule has 0 spiro atoms. The van der Waals surface area contributed by atoms with Gasteiger partial charge in [-0.05, 0) is 39.2 Å². The van der Waals surface area contributed by atoms with Gasteiger partial charge < -0.3 is 10.2 Å². The standard InChI is InChI=1S/C13H25N3O/c1-5-15(4)12(17)9-16-8-10-6-14-7-11(10)13(16,2)3/h10-11,14H,5-9H2,1-4H3. The van der Waals surface area contributed by atoms with E-state index >= 15 is 0 Å². The average molecular weight is 239 g/mol. The Balaban J connectivity index is 2.01. The fourth-order valence-electron chi connectivity index (χ4n) is 3.23. The molecule has 0 aliphatic carbocycles. The van der Waals surface area contributed by atoms with Gasteiger partial charge in [0.2, 0.25) is 5.91 Å². The molecule has 0 aromatic rings. The number of hydrogen-bond donors (Lipinski definition) is 1. The first-order valence-corrected chi connectivity index (χ1v) is 6.66. The van der Waals surface area contributed by atoms with Crippen molar-refractivity contribution in [3.8, 4) is 0 Å². The lowest BCUT2D eigenvalue weighted by Gasteiger charge is -2.35. The van der Waals surface area contributed by atoms with Gasteiger partial charge in [0.1, 0.15) is 0 Å². The molecule has 17 heavy (non-hydrogen) atoms. The van der Waals surface area contributed by atoms with E-state index in [1.807, 2.05) is 18.9 Å². The second-order valence-electron chi connectivity index (χ2n) is 5.97. The first-order chi connectivity index (χ1) is 7.96. The van der Waals surface area contributed by atoms with Crippen molar-refractivity contribution in [2.24, 2.45) is 11.8 Å². The normalized spacial score (nSPS) is 31.5. The van der Waals surface area contributed by atoms with Crippen molar-refractivity contribution in [2.45, 2.75) is 26.3 Å². The number of fused-ring (bicyclic) bond motifs is 1. The molecular formula is C13H25N3O. The maximum atomic E-state index is 12.0. The molecule has 4 heteroatoms. The van der Waals surface area contributed by atoms with E-state index in [-0.39, 0.29) is 11.4 Å². The van der Waals surface area contributed by atoms with Crippen molar-refractivity contribution in [3.05, 3.63) is 0 Å². The molecule has 4 nitrogen and oxygen atoms in total. The van der Waals surface area contributed by atoms with Crippen LogP contribution in [-0.2, 0) is 4.79 Å². The molecule has 1 N–H and O–H groups in total. The molecule has 2 aliphatic rings. The van der Waals surface area contributed by atoms with Crippen LogP contribution < -0.4 is 5.32 Å². The molecule has 0 saturated carbocycles. The second kappa shape index (κ2) is 4.58. The van der Waals surface area contributed by atoms with E-state index in [9.17, 15) is 4.79 Å². The molecule has 1 amide bonds. The van der Waals surface area contributed by atoms with Gasteiger partial charge in [0.05, 0.1) is 6.54 Å². The number of nitrogens with one attached hydrogen (secondary N) is 1. The van der Waals surface area contributed by atoms with Gasteiger partial charge in [-0.25, -0.2) is 0 Å². The minimum atomic E-state index is 0.151. The van der Waals surface area contributed by atoms with Gasteiger partial charge in [-0.15, -0.1) is 0 Å².